The number of aliphatic hydroxyl groups is 1. The molecule has 2 N–H and O–H groups in total. The number of hydrogen-bond donors (Lipinski definition) is 2. The molecule has 1 saturated heterocycles. The number of rotatable bonds is 7. The molecule has 2 aliphatic heterocycles. The summed E-state index contributed by atoms with van der Waals surface area (Å²) in [6.07, 6.45) is 6.14. The number of amides is 1. The van der Waals surface area contributed by atoms with Gasteiger partial charge in [-0.3, -0.25) is 14.5 Å². The molecule has 6 nitrogen and oxygen atoms in total. The number of aromatic nitrogens is 1. The first-order chi connectivity index (χ1) is 16.0. The lowest BCUT2D eigenvalue weighted by Crippen LogP contribution is -2.47. The molecular formula is C27H33N3O3. The first kappa shape index (κ1) is 22.1. The van der Waals surface area contributed by atoms with Gasteiger partial charge < -0.3 is 15.0 Å². The monoisotopic (exact) mass is 447 g/mol. The Morgan fingerprint density at radius 2 is 1.97 bits per heavy atom. The number of nitrogens with zero attached hydrogens (tertiary/aromatic N) is 2. The highest BCUT2D eigenvalue weighted by molar-refractivity contribution is 5.81. The van der Waals surface area contributed by atoms with Gasteiger partial charge >= 0.3 is 0 Å². The molecule has 33 heavy (non-hydrogen) atoms. The van der Waals surface area contributed by atoms with E-state index in [9.17, 15) is 14.7 Å². The third-order valence-corrected chi connectivity index (χ3v) is 7.67. The van der Waals surface area contributed by atoms with Crippen molar-refractivity contribution in [3.05, 3.63) is 75.7 Å². The minimum absolute atomic E-state index is 0.0120. The van der Waals surface area contributed by atoms with Crippen molar-refractivity contribution >= 4 is 12.0 Å². The Hall–Kier alpha value is -2.70. The zero-order valence-electron chi connectivity index (χ0n) is 19.4. The molecule has 0 unspecified atom stereocenters. The molecule has 3 heterocycles. The standard InChI is InChI=1S/C27H33N3O3/c1-3-7-20-12-13-22-25-24(26(32)28-17(2)19-8-5-4-6-9-19)21(16-31)23(15-30(22)27(20)33)29(25)14-18-10-11-18/h3-9,12-13,17-18,21,23-25,31H,10-11,14-16H2,1-2H3,(H,28,32)/b7-3+/t17-,21+,23+,24-,25-/m0/s1. The Kier molecular flexibility index (Phi) is 5.97. The summed E-state index contributed by atoms with van der Waals surface area (Å²) < 4.78 is 1.85. The van der Waals surface area contributed by atoms with Gasteiger partial charge in [0.1, 0.15) is 0 Å². The van der Waals surface area contributed by atoms with E-state index in [0.717, 1.165) is 17.8 Å². The summed E-state index contributed by atoms with van der Waals surface area (Å²) in [5, 5.41) is 13.6. The second kappa shape index (κ2) is 8.92. The number of carbonyl (C=O) groups is 1. The lowest BCUT2D eigenvalue weighted by Gasteiger charge is -2.38. The molecule has 174 valence electrons. The number of fused-ring (bicyclic) bond motifs is 4. The molecule has 1 saturated carbocycles. The molecule has 1 aromatic carbocycles. The fraction of sp³-hybridized carbons (Fsp3) is 0.481. The van der Waals surface area contributed by atoms with Crippen LogP contribution >= 0.6 is 0 Å². The molecule has 2 fully saturated rings. The SMILES string of the molecule is C/C=C/c1ccc2n(c1=O)C[C@@H]1[C@@H](CO)[C@H](C(=O)N[C@@H](C)c3ccccc3)[C@H]2N1CC1CC1. The fourth-order valence-electron chi connectivity index (χ4n) is 5.83. The summed E-state index contributed by atoms with van der Waals surface area (Å²) in [7, 11) is 0. The van der Waals surface area contributed by atoms with Crippen LogP contribution in [0.2, 0.25) is 0 Å². The van der Waals surface area contributed by atoms with Crippen LogP contribution in [0.4, 0.5) is 0 Å². The molecule has 6 heteroatoms. The summed E-state index contributed by atoms with van der Waals surface area (Å²) in [5.41, 5.74) is 2.60. The van der Waals surface area contributed by atoms with E-state index in [1.54, 1.807) is 0 Å². The first-order valence-electron chi connectivity index (χ1n) is 12.1. The van der Waals surface area contributed by atoms with Crippen LogP contribution in [0.5, 0.6) is 0 Å². The normalized spacial score (nSPS) is 27.5. The molecule has 1 amide bonds. The average molecular weight is 448 g/mol. The van der Waals surface area contributed by atoms with Crippen molar-refractivity contribution in [1.82, 2.24) is 14.8 Å². The predicted molar refractivity (Wildman–Crippen MR) is 128 cm³/mol. The highest BCUT2D eigenvalue weighted by Gasteiger charge is 2.56. The van der Waals surface area contributed by atoms with E-state index < -0.39 is 5.92 Å². The van der Waals surface area contributed by atoms with Crippen LogP contribution in [0.15, 0.2) is 53.3 Å². The molecule has 1 aromatic heterocycles. The van der Waals surface area contributed by atoms with Crippen molar-refractivity contribution < 1.29 is 9.90 Å². The fourth-order valence-corrected chi connectivity index (χ4v) is 5.83. The Morgan fingerprint density at radius 3 is 2.64 bits per heavy atom. The van der Waals surface area contributed by atoms with Crippen LogP contribution in [-0.4, -0.2) is 39.7 Å². The van der Waals surface area contributed by atoms with E-state index in [1.807, 2.05) is 73.0 Å². The van der Waals surface area contributed by atoms with Gasteiger partial charge in [-0.25, -0.2) is 0 Å². The molecular weight excluding hydrogens is 414 g/mol. The average Bonchev–Trinajstić information content (AvgIpc) is 3.61. The molecule has 1 aliphatic carbocycles. The highest BCUT2D eigenvalue weighted by Crippen LogP contribution is 2.50. The topological polar surface area (TPSA) is 74.6 Å². The van der Waals surface area contributed by atoms with Gasteiger partial charge in [-0.05, 0) is 50.3 Å². The molecule has 0 spiro atoms. The first-order valence-corrected chi connectivity index (χ1v) is 12.1. The van der Waals surface area contributed by atoms with Gasteiger partial charge in [0, 0.05) is 42.9 Å². The van der Waals surface area contributed by atoms with E-state index in [2.05, 4.69) is 10.2 Å². The quantitative estimate of drug-likeness (QED) is 0.684. The van der Waals surface area contributed by atoms with Crippen molar-refractivity contribution in [1.29, 1.82) is 0 Å². The number of carbonyl (C=O) groups excluding carboxylic acids is 1. The Morgan fingerprint density at radius 1 is 1.21 bits per heavy atom. The van der Waals surface area contributed by atoms with Gasteiger partial charge in [0.05, 0.1) is 18.0 Å². The van der Waals surface area contributed by atoms with Crippen LogP contribution in [0, 0.1) is 17.8 Å². The van der Waals surface area contributed by atoms with E-state index in [1.165, 1.54) is 12.8 Å². The number of hydrogen-bond acceptors (Lipinski definition) is 4. The van der Waals surface area contributed by atoms with Crippen molar-refractivity contribution in [2.24, 2.45) is 17.8 Å². The van der Waals surface area contributed by atoms with Crippen molar-refractivity contribution in [3.8, 4) is 0 Å². The molecule has 2 bridgehead atoms. The van der Waals surface area contributed by atoms with Crippen molar-refractivity contribution in [2.45, 2.75) is 51.4 Å². The highest BCUT2D eigenvalue weighted by atomic mass is 16.3. The number of aliphatic hydroxyl groups excluding tert-OH is 1. The summed E-state index contributed by atoms with van der Waals surface area (Å²) in [4.78, 5) is 29.3. The maximum Gasteiger partial charge on any atom is 0.258 e. The minimum Gasteiger partial charge on any atom is -0.396 e. The number of nitrogens with one attached hydrogen (secondary N) is 1. The summed E-state index contributed by atoms with van der Waals surface area (Å²) in [5.74, 6) is 0.00363. The van der Waals surface area contributed by atoms with Crippen LogP contribution in [-0.2, 0) is 11.3 Å². The number of benzene rings is 1. The Labute approximate surface area is 194 Å². The molecule has 0 radical (unpaired) electrons. The van der Waals surface area contributed by atoms with Crippen LogP contribution in [0.3, 0.4) is 0 Å². The molecule has 5 atom stereocenters. The van der Waals surface area contributed by atoms with Gasteiger partial charge in [-0.2, -0.15) is 0 Å². The van der Waals surface area contributed by atoms with Gasteiger partial charge in [-0.15, -0.1) is 0 Å². The van der Waals surface area contributed by atoms with E-state index in [-0.39, 0.29) is 42.1 Å². The zero-order chi connectivity index (χ0) is 23.1. The van der Waals surface area contributed by atoms with Crippen LogP contribution < -0.4 is 10.9 Å². The minimum atomic E-state index is -0.398. The Balaban J connectivity index is 1.52. The second-order valence-electron chi connectivity index (χ2n) is 9.79. The summed E-state index contributed by atoms with van der Waals surface area (Å²) in [6, 6.07) is 13.5. The predicted octanol–water partition coefficient (Wildman–Crippen LogP) is 3.13. The number of pyridine rings is 1. The van der Waals surface area contributed by atoms with Crippen LogP contribution in [0.1, 0.15) is 55.6 Å². The molecule has 5 rings (SSSR count). The van der Waals surface area contributed by atoms with Crippen molar-refractivity contribution in [3.63, 3.8) is 0 Å². The largest absolute Gasteiger partial charge is 0.396 e. The Bertz CT molecular complexity index is 1110. The molecule has 3 aliphatic rings. The summed E-state index contributed by atoms with van der Waals surface area (Å²) in [6.45, 7) is 5.28. The number of allylic oxidation sites excluding steroid dienone is 1. The smallest absolute Gasteiger partial charge is 0.258 e. The summed E-state index contributed by atoms with van der Waals surface area (Å²) >= 11 is 0. The van der Waals surface area contributed by atoms with Gasteiger partial charge in [0.2, 0.25) is 5.91 Å². The van der Waals surface area contributed by atoms with Gasteiger partial charge in [0.25, 0.3) is 5.56 Å². The van der Waals surface area contributed by atoms with Crippen molar-refractivity contribution in [2.75, 3.05) is 13.2 Å². The lowest BCUT2D eigenvalue weighted by molar-refractivity contribution is -0.128. The lowest BCUT2D eigenvalue weighted by atomic mass is 9.86. The van der Waals surface area contributed by atoms with Gasteiger partial charge in [0.15, 0.2) is 0 Å². The third kappa shape index (κ3) is 3.96. The van der Waals surface area contributed by atoms with E-state index >= 15 is 0 Å². The molecule has 2 aromatic rings. The van der Waals surface area contributed by atoms with Crippen LogP contribution in [0.25, 0.3) is 6.08 Å². The maximum absolute atomic E-state index is 13.7. The van der Waals surface area contributed by atoms with Gasteiger partial charge in [-0.1, -0.05) is 42.5 Å². The second-order valence-corrected chi connectivity index (χ2v) is 9.79. The van der Waals surface area contributed by atoms with E-state index in [0.29, 0.717) is 18.0 Å². The zero-order valence-corrected chi connectivity index (χ0v) is 19.4. The maximum atomic E-state index is 13.7. The van der Waals surface area contributed by atoms with E-state index in [4.69, 9.17) is 0 Å². The third-order valence-electron chi connectivity index (χ3n) is 7.67.